The number of aryl methyl sites for hydroxylation is 2. The second-order valence-electron chi connectivity index (χ2n) is 4.48. The Morgan fingerprint density at radius 2 is 2.17 bits per heavy atom. The molecule has 0 fully saturated rings. The molecule has 0 aliphatic carbocycles. The highest BCUT2D eigenvalue weighted by Gasteiger charge is 2.12. The van der Waals surface area contributed by atoms with E-state index < -0.39 is 6.10 Å². The van der Waals surface area contributed by atoms with E-state index in [1.54, 1.807) is 24.2 Å². The zero-order valence-electron chi connectivity index (χ0n) is 10.9. The van der Waals surface area contributed by atoms with Crippen LogP contribution in [0.3, 0.4) is 0 Å². The van der Waals surface area contributed by atoms with Gasteiger partial charge in [0.1, 0.15) is 0 Å². The summed E-state index contributed by atoms with van der Waals surface area (Å²) in [5, 5.41) is 14.4. The van der Waals surface area contributed by atoms with Gasteiger partial charge in [0.2, 0.25) is 0 Å². The van der Waals surface area contributed by atoms with Gasteiger partial charge in [-0.15, -0.1) is 0 Å². The summed E-state index contributed by atoms with van der Waals surface area (Å²) in [6.45, 7) is 4.48. The van der Waals surface area contributed by atoms with Crippen LogP contribution in [0.1, 0.15) is 22.8 Å². The highest BCUT2D eigenvalue weighted by atomic mass is 16.5. The molecule has 0 spiro atoms. The fourth-order valence-corrected chi connectivity index (χ4v) is 2.02. The molecule has 0 aliphatic rings. The second kappa shape index (κ2) is 5.23. The number of aromatic nitrogens is 2. The fraction of sp³-hybridized carbons (Fsp3) is 0.357. The molecule has 1 aromatic heterocycles. The van der Waals surface area contributed by atoms with Crippen LogP contribution in [0.5, 0.6) is 5.75 Å². The number of aliphatic hydroxyl groups excluding tert-OH is 1. The van der Waals surface area contributed by atoms with Crippen molar-refractivity contribution >= 4 is 0 Å². The van der Waals surface area contributed by atoms with Gasteiger partial charge in [-0.1, -0.05) is 23.8 Å². The first-order valence-electron chi connectivity index (χ1n) is 5.92. The third-order valence-electron chi connectivity index (χ3n) is 2.99. The molecule has 2 aromatic rings. The van der Waals surface area contributed by atoms with Crippen LogP contribution in [0.2, 0.25) is 0 Å². The molecule has 0 amide bonds. The van der Waals surface area contributed by atoms with E-state index in [4.69, 9.17) is 4.74 Å². The molecule has 0 saturated heterocycles. The van der Waals surface area contributed by atoms with Crippen LogP contribution < -0.4 is 4.74 Å². The summed E-state index contributed by atoms with van der Waals surface area (Å²) in [4.78, 5) is 0. The van der Waals surface area contributed by atoms with Gasteiger partial charge < -0.3 is 9.84 Å². The first-order valence-corrected chi connectivity index (χ1v) is 5.92. The van der Waals surface area contributed by atoms with Crippen molar-refractivity contribution in [2.45, 2.75) is 26.5 Å². The normalized spacial score (nSPS) is 12.4. The Morgan fingerprint density at radius 3 is 2.78 bits per heavy atom. The Kier molecular flexibility index (Phi) is 3.67. The van der Waals surface area contributed by atoms with Gasteiger partial charge in [-0.3, -0.25) is 4.68 Å². The van der Waals surface area contributed by atoms with Crippen molar-refractivity contribution in [3.8, 4) is 5.75 Å². The Hall–Kier alpha value is -1.81. The van der Waals surface area contributed by atoms with E-state index in [0.717, 1.165) is 11.1 Å². The van der Waals surface area contributed by atoms with Crippen molar-refractivity contribution in [1.82, 2.24) is 9.78 Å². The number of aliphatic hydroxyl groups is 1. The summed E-state index contributed by atoms with van der Waals surface area (Å²) < 4.78 is 6.74. The van der Waals surface area contributed by atoms with Crippen molar-refractivity contribution in [3.63, 3.8) is 0 Å². The first kappa shape index (κ1) is 12.6. The number of benzene rings is 1. The fourth-order valence-electron chi connectivity index (χ4n) is 2.02. The highest BCUT2D eigenvalue weighted by molar-refractivity contribution is 5.31. The molecule has 1 aromatic carbocycles. The van der Waals surface area contributed by atoms with Crippen LogP contribution in [0, 0.1) is 13.8 Å². The Labute approximate surface area is 107 Å². The van der Waals surface area contributed by atoms with Crippen molar-refractivity contribution in [2.75, 3.05) is 7.11 Å². The van der Waals surface area contributed by atoms with Crippen molar-refractivity contribution in [1.29, 1.82) is 0 Å². The molecule has 0 bridgehead atoms. The van der Waals surface area contributed by atoms with Crippen LogP contribution in [-0.4, -0.2) is 22.0 Å². The number of methoxy groups -OCH3 is 1. The van der Waals surface area contributed by atoms with Gasteiger partial charge in [0.05, 0.1) is 32.2 Å². The van der Waals surface area contributed by atoms with Crippen molar-refractivity contribution < 1.29 is 9.84 Å². The monoisotopic (exact) mass is 246 g/mol. The lowest BCUT2D eigenvalue weighted by molar-refractivity contribution is 0.151. The third kappa shape index (κ3) is 2.71. The molecule has 0 radical (unpaired) electrons. The lowest BCUT2D eigenvalue weighted by atomic mass is 10.0. The van der Waals surface area contributed by atoms with E-state index in [1.165, 1.54) is 5.56 Å². The zero-order chi connectivity index (χ0) is 13.1. The molecule has 4 nitrogen and oxygen atoms in total. The van der Waals surface area contributed by atoms with Gasteiger partial charge in [0.25, 0.3) is 0 Å². The predicted octanol–water partition coefficient (Wildman–Crippen LogP) is 2.24. The lowest BCUT2D eigenvalue weighted by Crippen LogP contribution is -2.10. The van der Waals surface area contributed by atoms with Crippen LogP contribution in [0.15, 0.2) is 30.6 Å². The second-order valence-corrected chi connectivity index (χ2v) is 4.48. The number of ether oxygens (including phenoxy) is 1. The van der Waals surface area contributed by atoms with Crippen LogP contribution in [0.25, 0.3) is 0 Å². The topological polar surface area (TPSA) is 47.3 Å². The minimum atomic E-state index is -0.560. The molecular weight excluding hydrogens is 228 g/mol. The van der Waals surface area contributed by atoms with Gasteiger partial charge in [-0.2, -0.15) is 5.10 Å². The molecule has 1 heterocycles. The Balaban J connectivity index is 2.13. The molecule has 18 heavy (non-hydrogen) atoms. The third-order valence-corrected chi connectivity index (χ3v) is 2.99. The average molecular weight is 246 g/mol. The lowest BCUT2D eigenvalue weighted by Gasteiger charge is -2.14. The number of rotatable bonds is 4. The summed E-state index contributed by atoms with van der Waals surface area (Å²) in [5.41, 5.74) is 3.24. The van der Waals surface area contributed by atoms with Crippen molar-refractivity contribution in [2.24, 2.45) is 0 Å². The Morgan fingerprint density at radius 1 is 1.39 bits per heavy atom. The van der Waals surface area contributed by atoms with Gasteiger partial charge >= 0.3 is 0 Å². The van der Waals surface area contributed by atoms with Gasteiger partial charge in [0, 0.05) is 0 Å². The van der Waals surface area contributed by atoms with Crippen LogP contribution in [0.4, 0.5) is 0 Å². The molecular formula is C14H18N2O2. The smallest absolute Gasteiger partial charge is 0.156 e. The maximum Gasteiger partial charge on any atom is 0.156 e. The maximum atomic E-state index is 10.2. The van der Waals surface area contributed by atoms with E-state index in [1.807, 2.05) is 26.0 Å². The van der Waals surface area contributed by atoms with Crippen molar-refractivity contribution in [3.05, 3.63) is 47.3 Å². The molecule has 4 heteroatoms. The van der Waals surface area contributed by atoms with E-state index in [-0.39, 0.29) is 0 Å². The average Bonchev–Trinajstić information content (AvgIpc) is 2.76. The summed E-state index contributed by atoms with van der Waals surface area (Å²) in [5.74, 6) is 0.697. The number of hydrogen-bond donors (Lipinski definition) is 1. The zero-order valence-corrected chi connectivity index (χ0v) is 10.9. The SMILES string of the molecule is COc1cnn(CC(O)c2ccc(C)cc2C)c1. The van der Waals surface area contributed by atoms with Gasteiger partial charge in [-0.05, 0) is 25.0 Å². The van der Waals surface area contributed by atoms with E-state index in [2.05, 4.69) is 11.2 Å². The molecule has 1 unspecified atom stereocenters. The molecule has 0 saturated carbocycles. The summed E-state index contributed by atoms with van der Waals surface area (Å²) in [6.07, 6.45) is 2.84. The van der Waals surface area contributed by atoms with Gasteiger partial charge in [-0.25, -0.2) is 0 Å². The van der Waals surface area contributed by atoms with E-state index >= 15 is 0 Å². The molecule has 2 rings (SSSR count). The van der Waals surface area contributed by atoms with E-state index in [0.29, 0.717) is 12.3 Å². The number of nitrogens with zero attached hydrogens (tertiary/aromatic N) is 2. The molecule has 1 atom stereocenters. The highest BCUT2D eigenvalue weighted by Crippen LogP contribution is 2.21. The minimum absolute atomic E-state index is 0.424. The van der Waals surface area contributed by atoms with Crippen LogP contribution >= 0.6 is 0 Å². The standard InChI is InChI=1S/C14H18N2O2/c1-10-4-5-13(11(2)6-10)14(17)9-16-8-12(18-3)7-15-16/h4-8,14,17H,9H2,1-3H3. The summed E-state index contributed by atoms with van der Waals surface area (Å²) in [6, 6.07) is 6.05. The number of hydrogen-bond acceptors (Lipinski definition) is 3. The molecule has 0 aliphatic heterocycles. The predicted molar refractivity (Wildman–Crippen MR) is 69.7 cm³/mol. The minimum Gasteiger partial charge on any atom is -0.493 e. The molecule has 96 valence electrons. The largest absolute Gasteiger partial charge is 0.493 e. The quantitative estimate of drug-likeness (QED) is 0.900. The summed E-state index contributed by atoms with van der Waals surface area (Å²) >= 11 is 0. The first-order chi connectivity index (χ1) is 8.60. The van der Waals surface area contributed by atoms with Gasteiger partial charge in [0.15, 0.2) is 5.75 Å². The van der Waals surface area contributed by atoms with E-state index in [9.17, 15) is 5.11 Å². The summed E-state index contributed by atoms with van der Waals surface area (Å²) in [7, 11) is 1.60. The molecule has 1 N–H and O–H groups in total. The van der Waals surface area contributed by atoms with Crippen LogP contribution in [-0.2, 0) is 6.54 Å². The Bertz CT molecular complexity index is 534. The maximum absolute atomic E-state index is 10.2.